The smallest absolute Gasteiger partial charge is 0.341 e. The van der Waals surface area contributed by atoms with E-state index in [2.05, 4.69) is 14.7 Å². The van der Waals surface area contributed by atoms with E-state index in [4.69, 9.17) is 9.72 Å². The van der Waals surface area contributed by atoms with Crippen molar-refractivity contribution < 1.29 is 19.4 Å². The van der Waals surface area contributed by atoms with Gasteiger partial charge in [0.15, 0.2) is 5.65 Å². The number of rotatable bonds is 8. The Bertz CT molecular complexity index is 1380. The van der Waals surface area contributed by atoms with Gasteiger partial charge in [0.05, 0.1) is 23.4 Å². The molecule has 1 amide bonds. The molecule has 1 saturated carbocycles. The number of hydrogen-bond acceptors (Lipinski definition) is 9. The van der Waals surface area contributed by atoms with Crippen molar-refractivity contribution in [3.8, 4) is 5.13 Å². The van der Waals surface area contributed by atoms with Gasteiger partial charge in [-0.25, -0.2) is 14.8 Å². The highest BCUT2D eigenvalue weighted by Crippen LogP contribution is 2.31. The van der Waals surface area contributed by atoms with Crippen LogP contribution in [0.15, 0.2) is 23.4 Å². The van der Waals surface area contributed by atoms with Crippen LogP contribution < -0.4 is 15.6 Å². The number of hydrogen-bond donors (Lipinski definition) is 2. The molecule has 0 unspecified atom stereocenters. The fraction of sp³-hybridized carbons (Fsp3) is 0.520. The summed E-state index contributed by atoms with van der Waals surface area (Å²) in [7, 11) is 0. The minimum absolute atomic E-state index is 0.0345. The minimum atomic E-state index is -1.31. The van der Waals surface area contributed by atoms with Gasteiger partial charge in [0.25, 0.3) is 0 Å². The average molecular weight is 527 g/mol. The van der Waals surface area contributed by atoms with Gasteiger partial charge in [-0.1, -0.05) is 19.3 Å². The summed E-state index contributed by atoms with van der Waals surface area (Å²) in [5, 5.41) is 13.5. The second-order valence-electron chi connectivity index (χ2n) is 9.84. The first kappa shape index (κ1) is 25.3. The number of carboxylic acid groups (broad SMARTS) is 1. The third kappa shape index (κ3) is 4.82. The number of ether oxygens (including phenoxy) is 1. The molecule has 196 valence electrons. The van der Waals surface area contributed by atoms with Crippen LogP contribution in [0.5, 0.6) is 0 Å². The van der Waals surface area contributed by atoms with Crippen LogP contribution in [0.2, 0.25) is 0 Å². The van der Waals surface area contributed by atoms with Crippen LogP contribution in [-0.4, -0.2) is 67.7 Å². The lowest BCUT2D eigenvalue weighted by Crippen LogP contribution is -2.60. The molecule has 0 atom stereocenters. The Morgan fingerprint density at radius 2 is 2.03 bits per heavy atom. The number of nitrogens with zero attached hydrogens (tertiary/aromatic N) is 5. The topological polar surface area (TPSA) is 140 Å². The molecule has 2 fully saturated rings. The summed E-state index contributed by atoms with van der Waals surface area (Å²) in [6, 6.07) is 1.77. The zero-order valence-corrected chi connectivity index (χ0v) is 21.7. The molecule has 1 aliphatic heterocycles. The molecule has 0 bridgehead atoms. The minimum Gasteiger partial charge on any atom is -0.477 e. The van der Waals surface area contributed by atoms with Gasteiger partial charge in [-0.2, -0.15) is 4.37 Å². The summed E-state index contributed by atoms with van der Waals surface area (Å²) in [6.07, 6.45) is 7.84. The zero-order chi connectivity index (χ0) is 26.2. The quantitative estimate of drug-likeness (QED) is 0.453. The van der Waals surface area contributed by atoms with Crippen molar-refractivity contribution in [2.75, 3.05) is 31.2 Å². The first-order chi connectivity index (χ1) is 17.8. The Labute approximate surface area is 217 Å². The van der Waals surface area contributed by atoms with Crippen LogP contribution in [0, 0.1) is 12.8 Å². The van der Waals surface area contributed by atoms with Crippen LogP contribution in [0.25, 0.3) is 16.2 Å². The van der Waals surface area contributed by atoms with Crippen molar-refractivity contribution in [1.82, 2.24) is 24.2 Å². The number of fused-ring (bicyclic) bond motifs is 1. The highest BCUT2D eigenvalue weighted by Gasteiger charge is 2.40. The highest BCUT2D eigenvalue weighted by atomic mass is 32.1. The fourth-order valence-electron chi connectivity index (χ4n) is 5.24. The van der Waals surface area contributed by atoms with Crippen LogP contribution in [0.4, 0.5) is 5.82 Å². The number of aromatic nitrogens is 4. The van der Waals surface area contributed by atoms with E-state index >= 15 is 0 Å². The summed E-state index contributed by atoms with van der Waals surface area (Å²) in [6.45, 7) is 5.90. The number of aromatic carboxylic acids is 1. The standard InChI is InChI=1S/C25H30N6O5S/c1-3-36-13-25(7-5-4-6-8-25)29-22(33)16-10-30(11-16)18-9-15(2)19-20(32)17(23(34)35)12-31(21(19)28-18)24-26-14-27-37-24/h9,12,14,16H,3-8,10-11,13H2,1-2H3,(H,29,33)(H,34,35). The number of anilines is 1. The van der Waals surface area contributed by atoms with Gasteiger partial charge in [0.1, 0.15) is 17.7 Å². The number of nitrogens with one attached hydrogen (secondary N) is 1. The van der Waals surface area contributed by atoms with Crippen LogP contribution in [-0.2, 0) is 9.53 Å². The Kier molecular flexibility index (Phi) is 6.95. The van der Waals surface area contributed by atoms with E-state index in [0.717, 1.165) is 37.2 Å². The van der Waals surface area contributed by atoms with Crippen molar-refractivity contribution in [3.63, 3.8) is 0 Å². The van der Waals surface area contributed by atoms with Gasteiger partial charge in [0.2, 0.25) is 16.5 Å². The second kappa shape index (κ2) is 10.2. The second-order valence-corrected chi connectivity index (χ2v) is 10.6. The molecule has 3 aromatic heterocycles. The van der Waals surface area contributed by atoms with Crippen molar-refractivity contribution in [1.29, 1.82) is 0 Å². The van der Waals surface area contributed by atoms with E-state index in [9.17, 15) is 19.5 Å². The molecule has 11 nitrogen and oxygen atoms in total. The van der Waals surface area contributed by atoms with Crippen molar-refractivity contribution in [2.45, 2.75) is 51.5 Å². The fourth-order valence-corrected chi connectivity index (χ4v) is 5.75. The van der Waals surface area contributed by atoms with Crippen LogP contribution in [0.3, 0.4) is 0 Å². The van der Waals surface area contributed by atoms with Crippen molar-refractivity contribution >= 4 is 40.3 Å². The van der Waals surface area contributed by atoms with Gasteiger partial charge in [0, 0.05) is 37.4 Å². The maximum Gasteiger partial charge on any atom is 0.341 e. The van der Waals surface area contributed by atoms with E-state index in [1.165, 1.54) is 23.5 Å². The molecule has 2 aliphatic rings. The SMILES string of the molecule is CCOCC1(NC(=O)C2CN(c3cc(C)c4c(=O)c(C(=O)O)cn(-c5ncns5)c4n3)C2)CCCCC1. The maximum absolute atomic E-state index is 13.1. The monoisotopic (exact) mass is 526 g/mol. The third-order valence-electron chi connectivity index (χ3n) is 7.29. The van der Waals surface area contributed by atoms with Gasteiger partial charge in [-0.15, -0.1) is 0 Å². The van der Waals surface area contributed by atoms with E-state index in [1.807, 2.05) is 11.8 Å². The molecule has 12 heteroatoms. The number of carboxylic acids is 1. The first-order valence-corrected chi connectivity index (χ1v) is 13.3. The molecule has 37 heavy (non-hydrogen) atoms. The van der Waals surface area contributed by atoms with E-state index in [1.54, 1.807) is 13.0 Å². The lowest BCUT2D eigenvalue weighted by Gasteiger charge is -2.43. The normalized spacial score (nSPS) is 17.5. The Morgan fingerprint density at radius 3 is 2.68 bits per heavy atom. The lowest BCUT2D eigenvalue weighted by atomic mass is 9.81. The van der Waals surface area contributed by atoms with Gasteiger partial charge >= 0.3 is 5.97 Å². The Hall–Kier alpha value is -3.38. The summed E-state index contributed by atoms with van der Waals surface area (Å²) in [5.41, 5.74) is -0.314. The largest absolute Gasteiger partial charge is 0.477 e. The number of carbonyl (C=O) groups is 2. The number of amides is 1. The molecular formula is C25H30N6O5S. The van der Waals surface area contributed by atoms with E-state index < -0.39 is 11.4 Å². The number of aryl methyl sites for hydroxylation is 1. The third-order valence-corrected chi connectivity index (χ3v) is 7.95. The number of carbonyl (C=O) groups excluding carboxylic acids is 1. The predicted octanol–water partition coefficient (Wildman–Crippen LogP) is 2.54. The molecule has 5 rings (SSSR count). The molecule has 0 spiro atoms. The predicted molar refractivity (Wildman–Crippen MR) is 139 cm³/mol. The molecular weight excluding hydrogens is 496 g/mol. The zero-order valence-electron chi connectivity index (χ0n) is 20.9. The number of pyridine rings is 2. The van der Waals surface area contributed by atoms with E-state index in [-0.39, 0.29) is 28.3 Å². The van der Waals surface area contributed by atoms with Gasteiger partial charge < -0.3 is 20.1 Å². The Balaban J connectivity index is 1.40. The van der Waals surface area contributed by atoms with E-state index in [0.29, 0.717) is 48.5 Å². The highest BCUT2D eigenvalue weighted by molar-refractivity contribution is 7.08. The molecule has 0 radical (unpaired) electrons. The maximum atomic E-state index is 13.1. The van der Waals surface area contributed by atoms with Gasteiger partial charge in [-0.3, -0.25) is 14.2 Å². The molecule has 1 saturated heterocycles. The molecule has 1 aliphatic carbocycles. The summed E-state index contributed by atoms with van der Waals surface area (Å²) in [4.78, 5) is 48.7. The molecule has 4 heterocycles. The molecule has 0 aromatic carbocycles. The van der Waals surface area contributed by atoms with Gasteiger partial charge in [-0.05, 0) is 38.3 Å². The average Bonchev–Trinajstić information content (AvgIpc) is 3.37. The van der Waals surface area contributed by atoms with Crippen LogP contribution in [0.1, 0.15) is 54.9 Å². The molecule has 2 N–H and O–H groups in total. The summed E-state index contributed by atoms with van der Waals surface area (Å²) < 4.78 is 11.2. The summed E-state index contributed by atoms with van der Waals surface area (Å²) in [5.74, 6) is -0.827. The van der Waals surface area contributed by atoms with Crippen LogP contribution >= 0.6 is 11.5 Å². The van der Waals surface area contributed by atoms with Crippen molar-refractivity contribution in [3.05, 3.63) is 39.9 Å². The summed E-state index contributed by atoms with van der Waals surface area (Å²) >= 11 is 1.07. The van der Waals surface area contributed by atoms with Crippen molar-refractivity contribution in [2.24, 2.45) is 5.92 Å². The molecule has 3 aromatic rings. The first-order valence-electron chi connectivity index (χ1n) is 12.5. The lowest BCUT2D eigenvalue weighted by molar-refractivity contribution is -0.129. The Morgan fingerprint density at radius 1 is 1.27 bits per heavy atom.